The molecule has 0 aliphatic heterocycles. The molecule has 1 amide bonds. The molecule has 0 saturated heterocycles. The summed E-state index contributed by atoms with van der Waals surface area (Å²) in [6.45, 7) is 1.31. The van der Waals surface area contributed by atoms with Crippen LogP contribution in [-0.2, 0) is 20.7 Å². The van der Waals surface area contributed by atoms with E-state index >= 15 is 0 Å². The minimum atomic E-state index is -0.356. The van der Waals surface area contributed by atoms with Gasteiger partial charge in [0.25, 0.3) is 0 Å². The van der Waals surface area contributed by atoms with Crippen molar-refractivity contribution >= 4 is 23.6 Å². The normalized spacial score (nSPS) is 10.4. The second-order valence-electron chi connectivity index (χ2n) is 5.85. The highest BCUT2D eigenvalue weighted by Crippen LogP contribution is 2.23. The number of amides is 1. The van der Waals surface area contributed by atoms with Crippen LogP contribution in [0.1, 0.15) is 22.3 Å². The van der Waals surface area contributed by atoms with E-state index in [4.69, 9.17) is 9.47 Å². The Balaban J connectivity index is 1.79. The number of carbonyl (C=O) groups is 2. The Kier molecular flexibility index (Phi) is 9.44. The molecule has 1 N–H and O–H groups in total. The van der Waals surface area contributed by atoms with Gasteiger partial charge in [-0.1, -0.05) is 42.5 Å². The molecule has 0 unspecified atom stereocenters. The Labute approximate surface area is 164 Å². The van der Waals surface area contributed by atoms with Crippen molar-refractivity contribution in [2.24, 2.45) is 0 Å². The molecule has 0 aromatic heterocycles. The number of thioether (sulfide) groups is 1. The number of esters is 1. The van der Waals surface area contributed by atoms with Gasteiger partial charge >= 0.3 is 5.97 Å². The first-order valence-electron chi connectivity index (χ1n) is 8.89. The average Bonchev–Trinajstić information content (AvgIpc) is 2.71. The van der Waals surface area contributed by atoms with Crippen molar-refractivity contribution in [1.82, 2.24) is 5.32 Å². The van der Waals surface area contributed by atoms with Gasteiger partial charge in [-0.15, -0.1) is 11.8 Å². The number of methoxy groups -OCH3 is 1. The topological polar surface area (TPSA) is 64.6 Å². The zero-order chi connectivity index (χ0) is 19.3. The van der Waals surface area contributed by atoms with E-state index in [9.17, 15) is 9.59 Å². The van der Waals surface area contributed by atoms with E-state index in [0.29, 0.717) is 25.3 Å². The summed E-state index contributed by atoms with van der Waals surface area (Å²) in [5.41, 5.74) is 1.72. The van der Waals surface area contributed by atoms with Gasteiger partial charge in [0.1, 0.15) is 0 Å². The molecule has 5 nitrogen and oxygen atoms in total. The molecule has 0 aliphatic carbocycles. The molecule has 2 aromatic rings. The van der Waals surface area contributed by atoms with Crippen LogP contribution in [0.2, 0.25) is 0 Å². The summed E-state index contributed by atoms with van der Waals surface area (Å²) in [6, 6.07) is 17.3. The molecule has 144 valence electrons. The van der Waals surface area contributed by atoms with E-state index in [2.05, 4.69) is 17.4 Å². The minimum Gasteiger partial charge on any atom is -0.462 e. The lowest BCUT2D eigenvalue weighted by Crippen LogP contribution is -2.28. The number of aryl methyl sites for hydroxylation is 1. The summed E-state index contributed by atoms with van der Waals surface area (Å²) >= 11 is 1.32. The van der Waals surface area contributed by atoms with Crippen LogP contribution in [0.4, 0.5) is 0 Å². The van der Waals surface area contributed by atoms with Crippen LogP contribution in [0, 0.1) is 0 Å². The van der Waals surface area contributed by atoms with Gasteiger partial charge in [-0.25, -0.2) is 4.79 Å². The number of benzene rings is 2. The predicted octanol–water partition coefficient (Wildman–Crippen LogP) is 3.33. The lowest BCUT2D eigenvalue weighted by molar-refractivity contribution is -0.118. The molecule has 6 heteroatoms. The first kappa shape index (κ1) is 21.0. The summed E-state index contributed by atoms with van der Waals surface area (Å²) in [4.78, 5) is 24.9. The molecule has 2 aromatic carbocycles. The van der Waals surface area contributed by atoms with Crippen LogP contribution < -0.4 is 5.32 Å². The summed E-state index contributed by atoms with van der Waals surface area (Å²) in [5.74, 6) is -0.212. The first-order valence-corrected chi connectivity index (χ1v) is 9.88. The zero-order valence-electron chi connectivity index (χ0n) is 15.5. The fraction of sp³-hybridized carbons (Fsp3) is 0.333. The molecular weight excluding hydrogens is 362 g/mol. The third-order valence-corrected chi connectivity index (χ3v) is 4.85. The Morgan fingerprint density at radius 3 is 2.52 bits per heavy atom. The lowest BCUT2D eigenvalue weighted by Gasteiger charge is -2.10. The highest BCUT2D eigenvalue weighted by atomic mass is 32.2. The van der Waals surface area contributed by atoms with Gasteiger partial charge in [-0.05, 0) is 30.5 Å². The van der Waals surface area contributed by atoms with E-state index < -0.39 is 0 Å². The van der Waals surface area contributed by atoms with E-state index in [0.717, 1.165) is 17.7 Å². The Bertz CT molecular complexity index is 721. The number of nitrogens with one attached hydrogen (secondary N) is 1. The molecule has 0 saturated carbocycles. The predicted molar refractivity (Wildman–Crippen MR) is 107 cm³/mol. The van der Waals surface area contributed by atoms with Crippen molar-refractivity contribution in [1.29, 1.82) is 0 Å². The quantitative estimate of drug-likeness (QED) is 0.364. The monoisotopic (exact) mass is 387 g/mol. The van der Waals surface area contributed by atoms with Gasteiger partial charge in [0.2, 0.25) is 5.91 Å². The first-order chi connectivity index (χ1) is 13.2. The van der Waals surface area contributed by atoms with Crippen molar-refractivity contribution in [2.75, 3.05) is 32.6 Å². The molecule has 2 rings (SSSR count). The number of hydrogen-bond acceptors (Lipinski definition) is 5. The Morgan fingerprint density at radius 2 is 1.74 bits per heavy atom. The van der Waals surface area contributed by atoms with Gasteiger partial charge in [0.15, 0.2) is 0 Å². The maximum atomic E-state index is 12.4. The van der Waals surface area contributed by atoms with Crippen LogP contribution >= 0.6 is 11.8 Å². The molecule has 0 spiro atoms. The molecule has 0 fully saturated rings. The van der Waals surface area contributed by atoms with Gasteiger partial charge in [-0.2, -0.15) is 0 Å². The number of hydrogen-bond donors (Lipinski definition) is 1. The van der Waals surface area contributed by atoms with Gasteiger partial charge < -0.3 is 14.8 Å². The molecule has 0 bridgehead atoms. The maximum absolute atomic E-state index is 12.4. The molecule has 0 atom stereocenters. The van der Waals surface area contributed by atoms with Crippen LogP contribution in [0.15, 0.2) is 59.5 Å². The molecule has 0 heterocycles. The largest absolute Gasteiger partial charge is 0.462 e. The standard InChI is InChI=1S/C21H25NO4S/c1-25-15-13-22-20(23)16-27-19-12-6-5-11-18(19)21(24)26-14-7-10-17-8-3-2-4-9-17/h2-6,8-9,11-12H,7,10,13-16H2,1H3,(H,22,23). The number of ether oxygens (including phenoxy) is 2. The van der Waals surface area contributed by atoms with Crippen molar-refractivity contribution in [3.8, 4) is 0 Å². The van der Waals surface area contributed by atoms with E-state index in [1.807, 2.05) is 30.3 Å². The second kappa shape index (κ2) is 12.1. The molecule has 0 radical (unpaired) electrons. The van der Waals surface area contributed by atoms with Crippen LogP contribution in [0.25, 0.3) is 0 Å². The number of carbonyl (C=O) groups excluding carboxylic acids is 2. The van der Waals surface area contributed by atoms with Crippen molar-refractivity contribution in [2.45, 2.75) is 17.7 Å². The summed E-state index contributed by atoms with van der Waals surface area (Å²) in [5, 5.41) is 2.76. The number of rotatable bonds is 11. The van der Waals surface area contributed by atoms with Crippen molar-refractivity contribution in [3.63, 3.8) is 0 Å². The highest BCUT2D eigenvalue weighted by molar-refractivity contribution is 8.00. The fourth-order valence-electron chi connectivity index (χ4n) is 2.41. The second-order valence-corrected chi connectivity index (χ2v) is 6.87. The fourth-order valence-corrected chi connectivity index (χ4v) is 3.28. The molecular formula is C21H25NO4S. The highest BCUT2D eigenvalue weighted by Gasteiger charge is 2.14. The Morgan fingerprint density at radius 1 is 1.00 bits per heavy atom. The van der Waals surface area contributed by atoms with Crippen molar-refractivity contribution in [3.05, 3.63) is 65.7 Å². The average molecular weight is 388 g/mol. The van der Waals surface area contributed by atoms with Crippen LogP contribution in [-0.4, -0.2) is 44.5 Å². The Hall–Kier alpha value is -2.31. The smallest absolute Gasteiger partial charge is 0.339 e. The van der Waals surface area contributed by atoms with Gasteiger partial charge in [-0.3, -0.25) is 4.79 Å². The summed E-state index contributed by atoms with van der Waals surface area (Å²) < 4.78 is 10.3. The van der Waals surface area contributed by atoms with E-state index in [1.165, 1.54) is 17.3 Å². The molecule has 0 aliphatic rings. The maximum Gasteiger partial charge on any atom is 0.339 e. The van der Waals surface area contributed by atoms with E-state index in [1.54, 1.807) is 19.2 Å². The van der Waals surface area contributed by atoms with Crippen molar-refractivity contribution < 1.29 is 19.1 Å². The summed E-state index contributed by atoms with van der Waals surface area (Å²) in [7, 11) is 1.59. The van der Waals surface area contributed by atoms with Gasteiger partial charge in [0, 0.05) is 18.6 Å². The lowest BCUT2D eigenvalue weighted by atomic mass is 10.1. The van der Waals surface area contributed by atoms with Crippen LogP contribution in [0.3, 0.4) is 0 Å². The minimum absolute atomic E-state index is 0.0944. The zero-order valence-corrected chi connectivity index (χ0v) is 16.3. The third-order valence-electron chi connectivity index (χ3n) is 3.78. The SMILES string of the molecule is COCCNC(=O)CSc1ccccc1C(=O)OCCCc1ccccc1. The van der Waals surface area contributed by atoms with Gasteiger partial charge in [0.05, 0.1) is 24.5 Å². The van der Waals surface area contributed by atoms with Crippen LogP contribution in [0.5, 0.6) is 0 Å². The van der Waals surface area contributed by atoms with E-state index in [-0.39, 0.29) is 17.6 Å². The summed E-state index contributed by atoms with van der Waals surface area (Å²) in [6.07, 6.45) is 1.64. The molecule has 27 heavy (non-hydrogen) atoms. The third kappa shape index (κ3) is 7.85.